The first-order valence-corrected chi connectivity index (χ1v) is 25.9. The van der Waals surface area contributed by atoms with Crippen LogP contribution in [0.5, 0.6) is 0 Å². The fourth-order valence-electron chi connectivity index (χ4n) is 8.45. The summed E-state index contributed by atoms with van der Waals surface area (Å²) in [4.78, 5) is 12.9. The van der Waals surface area contributed by atoms with E-state index in [1.165, 1.54) is 186 Å². The summed E-state index contributed by atoms with van der Waals surface area (Å²) in [7, 11) is 0. The predicted octanol–water partition coefficient (Wildman–Crippen LogP) is 11.7. The Hall–Kier alpha value is -1.07. The van der Waals surface area contributed by atoms with Crippen LogP contribution < -0.4 is 5.32 Å². The minimum Gasteiger partial charge on any atom is -0.394 e. The van der Waals surface area contributed by atoms with E-state index >= 15 is 0 Å². The molecule has 356 valence electrons. The summed E-state index contributed by atoms with van der Waals surface area (Å²) < 4.78 is 11.1. The van der Waals surface area contributed by atoms with Gasteiger partial charge in [-0.25, -0.2) is 0 Å². The van der Waals surface area contributed by atoms with E-state index in [4.69, 9.17) is 9.47 Å². The van der Waals surface area contributed by atoms with Gasteiger partial charge in [0.15, 0.2) is 6.29 Å². The second-order valence-corrected chi connectivity index (χ2v) is 18.3. The van der Waals surface area contributed by atoms with Gasteiger partial charge in [-0.2, -0.15) is 0 Å². The van der Waals surface area contributed by atoms with Gasteiger partial charge in [-0.05, 0) is 19.3 Å². The van der Waals surface area contributed by atoms with Gasteiger partial charge in [-0.15, -0.1) is 0 Å². The van der Waals surface area contributed by atoms with E-state index in [-0.39, 0.29) is 12.5 Å². The van der Waals surface area contributed by atoms with Crippen LogP contribution in [0.3, 0.4) is 0 Å². The van der Waals surface area contributed by atoms with Crippen molar-refractivity contribution in [1.29, 1.82) is 0 Å². The number of hydrogen-bond acceptors (Lipinski definition) is 8. The largest absolute Gasteiger partial charge is 0.394 e. The van der Waals surface area contributed by atoms with E-state index in [0.29, 0.717) is 6.42 Å². The molecule has 1 aliphatic heterocycles. The molecule has 7 unspecified atom stereocenters. The van der Waals surface area contributed by atoms with Crippen molar-refractivity contribution in [3.8, 4) is 0 Å². The molecule has 9 heteroatoms. The molecular formula is C51H99NO8. The van der Waals surface area contributed by atoms with Crippen molar-refractivity contribution >= 4 is 5.91 Å². The fourth-order valence-corrected chi connectivity index (χ4v) is 8.45. The van der Waals surface area contributed by atoms with E-state index in [1.54, 1.807) is 6.08 Å². The third-order valence-electron chi connectivity index (χ3n) is 12.6. The quantitative estimate of drug-likeness (QED) is 0.0262. The molecule has 0 aliphatic carbocycles. The minimum atomic E-state index is -1.56. The van der Waals surface area contributed by atoms with Gasteiger partial charge in [0.2, 0.25) is 5.91 Å². The Morgan fingerprint density at radius 3 is 1.30 bits per heavy atom. The van der Waals surface area contributed by atoms with Crippen LogP contribution in [0.2, 0.25) is 0 Å². The van der Waals surface area contributed by atoms with Gasteiger partial charge in [0.05, 0.1) is 25.4 Å². The summed E-state index contributed by atoms with van der Waals surface area (Å²) in [6.45, 7) is 3.71. The number of allylic oxidation sites excluding steroid dienone is 1. The maximum absolute atomic E-state index is 12.9. The maximum Gasteiger partial charge on any atom is 0.220 e. The van der Waals surface area contributed by atoms with Crippen LogP contribution in [0.25, 0.3) is 0 Å². The Labute approximate surface area is 369 Å². The first kappa shape index (κ1) is 56.9. The summed E-state index contributed by atoms with van der Waals surface area (Å²) in [5.41, 5.74) is 0. The maximum atomic E-state index is 12.9. The van der Waals surface area contributed by atoms with Crippen molar-refractivity contribution in [2.24, 2.45) is 0 Å². The van der Waals surface area contributed by atoms with E-state index in [1.807, 2.05) is 6.08 Å². The molecule has 60 heavy (non-hydrogen) atoms. The van der Waals surface area contributed by atoms with Gasteiger partial charge >= 0.3 is 0 Å². The number of carbonyl (C=O) groups is 1. The second kappa shape index (κ2) is 41.9. The lowest BCUT2D eigenvalue weighted by molar-refractivity contribution is -0.302. The Balaban J connectivity index is 2.02. The van der Waals surface area contributed by atoms with Crippen LogP contribution in [-0.4, -0.2) is 87.5 Å². The molecule has 0 aromatic carbocycles. The third kappa shape index (κ3) is 31.7. The molecule has 0 aromatic heterocycles. The average molecular weight is 854 g/mol. The van der Waals surface area contributed by atoms with Crippen molar-refractivity contribution in [2.45, 2.75) is 294 Å². The van der Waals surface area contributed by atoms with Crippen LogP contribution in [-0.2, 0) is 14.3 Å². The van der Waals surface area contributed by atoms with Gasteiger partial charge in [-0.1, -0.05) is 238 Å². The first-order valence-electron chi connectivity index (χ1n) is 25.9. The molecule has 6 N–H and O–H groups in total. The summed E-state index contributed by atoms with van der Waals surface area (Å²) >= 11 is 0. The van der Waals surface area contributed by atoms with Crippen molar-refractivity contribution in [3.63, 3.8) is 0 Å². The van der Waals surface area contributed by atoms with Crippen molar-refractivity contribution < 1.29 is 39.8 Å². The Morgan fingerprint density at radius 1 is 0.550 bits per heavy atom. The van der Waals surface area contributed by atoms with Gasteiger partial charge in [0.1, 0.15) is 24.4 Å². The monoisotopic (exact) mass is 854 g/mol. The van der Waals surface area contributed by atoms with E-state index < -0.39 is 49.5 Å². The number of amides is 1. The zero-order valence-electron chi connectivity index (χ0n) is 39.2. The first-order chi connectivity index (χ1) is 29.3. The zero-order valence-corrected chi connectivity index (χ0v) is 39.2. The average Bonchev–Trinajstić information content (AvgIpc) is 3.25. The molecule has 0 radical (unpaired) electrons. The molecule has 0 aromatic rings. The van der Waals surface area contributed by atoms with Crippen LogP contribution >= 0.6 is 0 Å². The highest BCUT2D eigenvalue weighted by molar-refractivity contribution is 5.76. The highest BCUT2D eigenvalue weighted by Gasteiger charge is 2.44. The third-order valence-corrected chi connectivity index (χ3v) is 12.6. The van der Waals surface area contributed by atoms with Gasteiger partial charge < -0.3 is 40.3 Å². The molecule has 0 bridgehead atoms. The van der Waals surface area contributed by atoms with Gasteiger partial charge in [-0.3, -0.25) is 4.79 Å². The van der Waals surface area contributed by atoms with E-state index in [9.17, 15) is 30.3 Å². The number of rotatable bonds is 44. The smallest absolute Gasteiger partial charge is 0.220 e. The number of hydrogen-bond donors (Lipinski definition) is 6. The molecule has 9 nitrogen and oxygen atoms in total. The lowest BCUT2D eigenvalue weighted by Crippen LogP contribution is -2.60. The van der Waals surface area contributed by atoms with Crippen LogP contribution in [0, 0.1) is 0 Å². The number of carbonyl (C=O) groups excluding carboxylic acids is 1. The van der Waals surface area contributed by atoms with E-state index in [0.717, 1.165) is 44.9 Å². The molecule has 1 heterocycles. The molecule has 1 fully saturated rings. The summed E-state index contributed by atoms with van der Waals surface area (Å²) in [6, 6.07) is -0.796. The van der Waals surface area contributed by atoms with E-state index in [2.05, 4.69) is 19.2 Å². The lowest BCUT2D eigenvalue weighted by Gasteiger charge is -2.40. The molecule has 1 rings (SSSR count). The fraction of sp³-hybridized carbons (Fsp3) is 0.941. The Kier molecular flexibility index (Phi) is 39.8. The molecule has 1 amide bonds. The molecule has 0 saturated carbocycles. The molecule has 1 aliphatic rings. The van der Waals surface area contributed by atoms with Crippen molar-refractivity contribution in [3.05, 3.63) is 12.2 Å². The van der Waals surface area contributed by atoms with Crippen LogP contribution in [0.4, 0.5) is 0 Å². The Bertz CT molecular complexity index is 950. The molecule has 0 spiro atoms. The van der Waals surface area contributed by atoms with Crippen molar-refractivity contribution in [1.82, 2.24) is 5.32 Å². The van der Waals surface area contributed by atoms with Crippen LogP contribution in [0.1, 0.15) is 251 Å². The predicted molar refractivity (Wildman–Crippen MR) is 249 cm³/mol. The summed E-state index contributed by atoms with van der Waals surface area (Å²) in [5, 5.41) is 53.9. The number of nitrogens with one attached hydrogen (secondary N) is 1. The Morgan fingerprint density at radius 2 is 0.917 bits per heavy atom. The van der Waals surface area contributed by atoms with Gasteiger partial charge in [0.25, 0.3) is 0 Å². The molecule has 1 saturated heterocycles. The normalized spacial score (nSPS) is 20.6. The van der Waals surface area contributed by atoms with Crippen LogP contribution in [0.15, 0.2) is 12.2 Å². The summed E-state index contributed by atoms with van der Waals surface area (Å²) in [6.07, 6.45) is 43.4. The number of ether oxygens (including phenoxy) is 2. The number of aliphatic hydroxyl groups excluding tert-OH is 5. The topological polar surface area (TPSA) is 149 Å². The minimum absolute atomic E-state index is 0.178. The molecular weight excluding hydrogens is 755 g/mol. The molecule has 7 atom stereocenters. The number of aliphatic hydroxyl groups is 5. The number of unbranched alkanes of at least 4 members (excludes halogenated alkanes) is 34. The second-order valence-electron chi connectivity index (χ2n) is 18.3. The summed E-state index contributed by atoms with van der Waals surface area (Å²) in [5.74, 6) is -0.178. The standard InChI is InChI=1S/C51H99NO8/c1-3-5-7-9-11-12-13-14-15-16-17-18-19-20-21-22-23-24-25-26-27-28-29-30-31-32-33-34-35-37-39-41-47(55)52-44(45(54)40-38-36-10-8-6-4-2)43-59-51-50(58)49(57)48(56)46(42-53)60-51/h38,40,44-46,48-51,53-54,56-58H,3-37,39,41-43H2,1-2H3,(H,52,55)/b40-38+. The van der Waals surface area contributed by atoms with Crippen molar-refractivity contribution in [2.75, 3.05) is 13.2 Å². The van der Waals surface area contributed by atoms with Gasteiger partial charge in [0, 0.05) is 6.42 Å². The zero-order chi connectivity index (χ0) is 43.7. The highest BCUT2D eigenvalue weighted by atomic mass is 16.7. The lowest BCUT2D eigenvalue weighted by atomic mass is 9.99. The SMILES string of the molecule is CCCCCC/C=C/C(O)C(COC1OC(CO)C(O)C(O)C1O)NC(=O)CCCCCCCCCCCCCCCCCCCCCCCCCCCCCCCCC. The highest BCUT2D eigenvalue weighted by Crippen LogP contribution is 2.23.